The Hall–Kier alpha value is -2.88. The lowest BCUT2D eigenvalue weighted by molar-refractivity contribution is -0.132. The third kappa shape index (κ3) is 3.63. The highest BCUT2D eigenvalue weighted by Gasteiger charge is 2.17. The van der Waals surface area contributed by atoms with Crippen molar-refractivity contribution in [2.75, 3.05) is 6.54 Å². The molecule has 0 atom stereocenters. The van der Waals surface area contributed by atoms with Crippen molar-refractivity contribution in [3.63, 3.8) is 0 Å². The smallest absolute Gasteiger partial charge is 0.242 e. The van der Waals surface area contributed by atoms with E-state index in [1.807, 2.05) is 71.0 Å². The van der Waals surface area contributed by atoms with Crippen molar-refractivity contribution in [2.24, 2.45) is 0 Å². The van der Waals surface area contributed by atoms with Crippen LogP contribution in [0.4, 0.5) is 0 Å². The van der Waals surface area contributed by atoms with E-state index in [9.17, 15) is 9.59 Å². The van der Waals surface area contributed by atoms with Gasteiger partial charge >= 0.3 is 0 Å². The maximum absolute atomic E-state index is 12.8. The number of aromatic nitrogens is 1. The first kappa shape index (κ1) is 17.0. The second-order valence-corrected chi connectivity index (χ2v) is 6.14. The summed E-state index contributed by atoms with van der Waals surface area (Å²) in [4.78, 5) is 26.5. The monoisotopic (exact) mass is 334 g/mol. The first-order valence-corrected chi connectivity index (χ1v) is 8.50. The van der Waals surface area contributed by atoms with Crippen molar-refractivity contribution < 1.29 is 9.59 Å². The number of hydrogen-bond acceptors (Lipinski definition) is 2. The van der Waals surface area contributed by atoms with E-state index >= 15 is 0 Å². The molecule has 0 N–H and O–H groups in total. The number of hydrogen-bond donors (Lipinski definition) is 0. The molecule has 0 spiro atoms. The van der Waals surface area contributed by atoms with Crippen LogP contribution < -0.4 is 0 Å². The lowest BCUT2D eigenvalue weighted by Gasteiger charge is -2.21. The van der Waals surface area contributed by atoms with E-state index in [2.05, 4.69) is 0 Å². The van der Waals surface area contributed by atoms with Crippen LogP contribution in [0, 0.1) is 0 Å². The van der Waals surface area contributed by atoms with Crippen molar-refractivity contribution in [2.45, 2.75) is 26.9 Å². The fraction of sp³-hybridized carbons (Fsp3) is 0.238. The zero-order chi connectivity index (χ0) is 17.8. The summed E-state index contributed by atoms with van der Waals surface area (Å²) < 4.78 is 1.88. The topological polar surface area (TPSA) is 42.3 Å². The zero-order valence-electron chi connectivity index (χ0n) is 14.6. The summed E-state index contributed by atoms with van der Waals surface area (Å²) in [6, 6.07) is 17.7. The summed E-state index contributed by atoms with van der Waals surface area (Å²) >= 11 is 0. The number of Topliss-reactive ketones (excluding diaryl/α,β-unsaturated/α-hetero) is 1. The molecule has 0 radical (unpaired) electrons. The molecule has 3 aromatic rings. The molecule has 4 heteroatoms. The molecule has 0 unspecified atom stereocenters. The van der Waals surface area contributed by atoms with Crippen LogP contribution in [0.2, 0.25) is 0 Å². The minimum absolute atomic E-state index is 0.0130. The summed E-state index contributed by atoms with van der Waals surface area (Å²) in [5.41, 5.74) is 2.69. The van der Waals surface area contributed by atoms with Crippen LogP contribution in [-0.2, 0) is 17.9 Å². The average molecular weight is 334 g/mol. The molecule has 0 saturated carbocycles. The highest BCUT2D eigenvalue weighted by molar-refractivity contribution is 6.07. The maximum Gasteiger partial charge on any atom is 0.242 e. The molecular weight excluding hydrogens is 312 g/mol. The number of benzene rings is 2. The first-order valence-electron chi connectivity index (χ1n) is 8.50. The van der Waals surface area contributed by atoms with Crippen LogP contribution in [0.25, 0.3) is 10.9 Å². The molecule has 25 heavy (non-hydrogen) atoms. The van der Waals surface area contributed by atoms with E-state index in [1.165, 1.54) is 0 Å². The highest BCUT2D eigenvalue weighted by atomic mass is 16.2. The molecule has 4 nitrogen and oxygen atoms in total. The molecule has 1 amide bonds. The van der Waals surface area contributed by atoms with Gasteiger partial charge in [-0.3, -0.25) is 9.59 Å². The van der Waals surface area contributed by atoms with E-state index in [0.717, 1.165) is 16.5 Å². The van der Waals surface area contributed by atoms with Gasteiger partial charge in [-0.15, -0.1) is 0 Å². The lowest BCUT2D eigenvalue weighted by Crippen LogP contribution is -2.33. The second kappa shape index (κ2) is 7.34. The number of carbonyl (C=O) groups excluding carboxylic acids is 2. The van der Waals surface area contributed by atoms with E-state index < -0.39 is 0 Å². The second-order valence-electron chi connectivity index (χ2n) is 6.14. The minimum Gasteiger partial charge on any atom is -0.337 e. The van der Waals surface area contributed by atoms with Gasteiger partial charge in [-0.05, 0) is 25.5 Å². The fourth-order valence-corrected chi connectivity index (χ4v) is 3.08. The van der Waals surface area contributed by atoms with E-state index in [4.69, 9.17) is 0 Å². The Morgan fingerprint density at radius 3 is 2.36 bits per heavy atom. The van der Waals surface area contributed by atoms with E-state index in [-0.39, 0.29) is 18.2 Å². The molecule has 1 aromatic heterocycles. The standard InChI is InChI=1S/C21H22N2O2/c1-3-22(13-17-9-5-4-6-10-17)21(25)15-23-14-19(16(2)24)18-11-7-8-12-20(18)23/h4-12,14H,3,13,15H2,1-2H3. The predicted octanol–water partition coefficient (Wildman–Crippen LogP) is 3.89. The molecule has 0 fully saturated rings. The van der Waals surface area contributed by atoms with Crippen LogP contribution in [0.1, 0.15) is 29.8 Å². The Morgan fingerprint density at radius 1 is 1.00 bits per heavy atom. The summed E-state index contributed by atoms with van der Waals surface area (Å²) in [6.45, 7) is 5.01. The van der Waals surface area contributed by atoms with Gasteiger partial charge in [0.2, 0.25) is 5.91 Å². The van der Waals surface area contributed by atoms with Gasteiger partial charge in [0.15, 0.2) is 5.78 Å². The Kier molecular flexibility index (Phi) is 4.98. The molecule has 2 aromatic carbocycles. The van der Waals surface area contributed by atoms with Crippen LogP contribution in [0.15, 0.2) is 60.8 Å². The molecule has 0 aliphatic heterocycles. The van der Waals surface area contributed by atoms with Crippen molar-refractivity contribution in [3.05, 3.63) is 71.9 Å². The molecule has 0 aliphatic carbocycles. The minimum atomic E-state index is 0.0130. The molecule has 0 bridgehead atoms. The van der Waals surface area contributed by atoms with Crippen molar-refractivity contribution in [1.29, 1.82) is 0 Å². The van der Waals surface area contributed by atoms with Gasteiger partial charge in [0.25, 0.3) is 0 Å². The van der Waals surface area contributed by atoms with Crippen LogP contribution >= 0.6 is 0 Å². The number of rotatable bonds is 6. The zero-order valence-corrected chi connectivity index (χ0v) is 14.6. The van der Waals surface area contributed by atoms with Crippen molar-refractivity contribution in [3.8, 4) is 0 Å². The number of likely N-dealkylation sites (N-methyl/N-ethyl adjacent to an activating group) is 1. The number of ketones is 1. The summed E-state index contributed by atoms with van der Waals surface area (Å²) in [5, 5.41) is 0.897. The quantitative estimate of drug-likeness (QED) is 0.642. The molecule has 3 rings (SSSR count). The number of amides is 1. The number of fused-ring (bicyclic) bond motifs is 1. The SMILES string of the molecule is CCN(Cc1ccccc1)C(=O)Cn1cc(C(C)=O)c2ccccc21. The predicted molar refractivity (Wildman–Crippen MR) is 99.5 cm³/mol. The van der Waals surface area contributed by atoms with E-state index in [0.29, 0.717) is 18.7 Å². The number of nitrogens with zero attached hydrogens (tertiary/aromatic N) is 2. The highest BCUT2D eigenvalue weighted by Crippen LogP contribution is 2.22. The van der Waals surface area contributed by atoms with Gasteiger partial charge in [0.05, 0.1) is 0 Å². The lowest BCUT2D eigenvalue weighted by atomic mass is 10.1. The van der Waals surface area contributed by atoms with Crippen molar-refractivity contribution in [1.82, 2.24) is 9.47 Å². The molecular formula is C21H22N2O2. The summed E-state index contributed by atoms with van der Waals surface area (Å²) in [6.07, 6.45) is 1.79. The first-order chi connectivity index (χ1) is 12.1. The van der Waals surface area contributed by atoms with Gasteiger partial charge in [-0.25, -0.2) is 0 Å². The van der Waals surface area contributed by atoms with Gasteiger partial charge in [-0.2, -0.15) is 0 Å². The third-order valence-electron chi connectivity index (χ3n) is 4.42. The Labute approximate surface area is 147 Å². The van der Waals surface area contributed by atoms with Gasteiger partial charge in [0.1, 0.15) is 6.54 Å². The molecule has 128 valence electrons. The number of carbonyl (C=O) groups is 2. The molecule has 1 heterocycles. The van der Waals surface area contributed by atoms with Gasteiger partial charge in [0, 0.05) is 35.8 Å². The molecule has 0 aliphatic rings. The fourth-order valence-electron chi connectivity index (χ4n) is 3.08. The maximum atomic E-state index is 12.8. The van der Waals surface area contributed by atoms with Crippen LogP contribution in [0.3, 0.4) is 0 Å². The third-order valence-corrected chi connectivity index (χ3v) is 4.42. The normalized spacial score (nSPS) is 10.8. The Bertz CT molecular complexity index is 897. The number of para-hydroxylation sites is 1. The Morgan fingerprint density at radius 2 is 1.68 bits per heavy atom. The largest absolute Gasteiger partial charge is 0.337 e. The van der Waals surface area contributed by atoms with E-state index in [1.54, 1.807) is 13.1 Å². The van der Waals surface area contributed by atoms with Crippen LogP contribution in [0.5, 0.6) is 0 Å². The average Bonchev–Trinajstić information content (AvgIpc) is 2.99. The van der Waals surface area contributed by atoms with Crippen LogP contribution in [-0.4, -0.2) is 27.7 Å². The van der Waals surface area contributed by atoms with Crippen molar-refractivity contribution >= 4 is 22.6 Å². The molecule has 0 saturated heterocycles. The van der Waals surface area contributed by atoms with Gasteiger partial charge in [-0.1, -0.05) is 48.5 Å². The summed E-state index contributed by atoms with van der Waals surface area (Å²) in [7, 11) is 0. The Balaban J connectivity index is 1.84. The van der Waals surface area contributed by atoms with Gasteiger partial charge < -0.3 is 9.47 Å². The summed E-state index contributed by atoms with van der Waals surface area (Å²) in [5.74, 6) is 0.0567.